The second-order valence-electron chi connectivity index (χ2n) is 6.09. The summed E-state index contributed by atoms with van der Waals surface area (Å²) >= 11 is 0. The van der Waals surface area contributed by atoms with Gasteiger partial charge >= 0.3 is 5.97 Å². The van der Waals surface area contributed by atoms with Gasteiger partial charge in [-0.3, -0.25) is 9.89 Å². The third kappa shape index (κ3) is 3.49. The summed E-state index contributed by atoms with van der Waals surface area (Å²) < 4.78 is 0. The van der Waals surface area contributed by atoms with Crippen molar-refractivity contribution < 1.29 is 14.7 Å². The van der Waals surface area contributed by atoms with Crippen molar-refractivity contribution in [1.29, 1.82) is 0 Å². The Hall–Kier alpha value is -3.41. The molecule has 1 heterocycles. The molecule has 0 fully saturated rings. The number of carboxylic acids is 1. The Morgan fingerprint density at radius 2 is 2.00 bits per heavy atom. The fraction of sp³-hybridized carbons (Fsp3) is 0.150. The predicted molar refractivity (Wildman–Crippen MR) is 98.1 cm³/mol. The lowest BCUT2D eigenvalue weighted by atomic mass is 10.00. The molecule has 132 valence electrons. The van der Waals surface area contributed by atoms with Crippen LogP contribution in [0.2, 0.25) is 0 Å². The van der Waals surface area contributed by atoms with Crippen LogP contribution >= 0.6 is 0 Å². The van der Waals surface area contributed by atoms with Gasteiger partial charge in [0.15, 0.2) is 0 Å². The van der Waals surface area contributed by atoms with E-state index >= 15 is 0 Å². The summed E-state index contributed by atoms with van der Waals surface area (Å²) in [6.45, 7) is 3.96. The Bertz CT molecular complexity index is 962. The van der Waals surface area contributed by atoms with Crippen molar-refractivity contribution >= 4 is 11.9 Å². The van der Waals surface area contributed by atoms with Gasteiger partial charge in [0.2, 0.25) is 0 Å². The first-order valence-corrected chi connectivity index (χ1v) is 8.17. The summed E-state index contributed by atoms with van der Waals surface area (Å²) in [4.78, 5) is 23.7. The molecule has 0 aliphatic heterocycles. The van der Waals surface area contributed by atoms with Crippen LogP contribution in [0.3, 0.4) is 0 Å². The number of carboxylic acid groups (broad SMARTS) is 1. The van der Waals surface area contributed by atoms with Crippen LogP contribution in [0.5, 0.6) is 0 Å². The van der Waals surface area contributed by atoms with E-state index in [0.29, 0.717) is 11.1 Å². The van der Waals surface area contributed by atoms with E-state index in [0.717, 1.165) is 22.3 Å². The van der Waals surface area contributed by atoms with Crippen molar-refractivity contribution in [2.75, 3.05) is 0 Å². The molecule has 6 nitrogen and oxygen atoms in total. The van der Waals surface area contributed by atoms with Gasteiger partial charge in [0, 0.05) is 23.9 Å². The van der Waals surface area contributed by atoms with Gasteiger partial charge in [0.1, 0.15) is 0 Å². The van der Waals surface area contributed by atoms with Gasteiger partial charge in [-0.1, -0.05) is 18.2 Å². The van der Waals surface area contributed by atoms with E-state index in [1.54, 1.807) is 37.5 Å². The van der Waals surface area contributed by atoms with Crippen molar-refractivity contribution in [3.8, 4) is 11.1 Å². The summed E-state index contributed by atoms with van der Waals surface area (Å²) in [5, 5.41) is 18.8. The number of aromatic nitrogens is 2. The molecular formula is C20H19N3O3. The molecule has 0 atom stereocenters. The van der Waals surface area contributed by atoms with Crippen LogP contribution in [-0.4, -0.2) is 27.2 Å². The molecule has 3 aromatic rings. The number of nitrogens with one attached hydrogen (secondary N) is 2. The molecule has 0 unspecified atom stereocenters. The molecule has 0 saturated carbocycles. The Labute approximate surface area is 150 Å². The second-order valence-corrected chi connectivity index (χ2v) is 6.09. The van der Waals surface area contributed by atoms with Gasteiger partial charge in [0.05, 0.1) is 11.8 Å². The summed E-state index contributed by atoms with van der Waals surface area (Å²) in [6, 6.07) is 10.5. The lowest BCUT2D eigenvalue weighted by Crippen LogP contribution is -2.23. The van der Waals surface area contributed by atoms with Crippen LogP contribution in [-0.2, 0) is 6.54 Å². The highest BCUT2D eigenvalue weighted by Crippen LogP contribution is 2.23. The van der Waals surface area contributed by atoms with Gasteiger partial charge in [-0.25, -0.2) is 4.79 Å². The minimum atomic E-state index is -0.971. The van der Waals surface area contributed by atoms with Crippen LogP contribution in [0, 0.1) is 13.8 Å². The van der Waals surface area contributed by atoms with Crippen molar-refractivity contribution in [2.24, 2.45) is 0 Å². The quantitative estimate of drug-likeness (QED) is 0.658. The number of aromatic carboxylic acids is 1. The van der Waals surface area contributed by atoms with E-state index in [4.69, 9.17) is 0 Å². The fourth-order valence-electron chi connectivity index (χ4n) is 2.91. The van der Waals surface area contributed by atoms with Crippen LogP contribution in [0.4, 0.5) is 0 Å². The molecule has 3 rings (SSSR count). The van der Waals surface area contributed by atoms with Crippen LogP contribution in [0.15, 0.2) is 48.8 Å². The van der Waals surface area contributed by atoms with E-state index in [-0.39, 0.29) is 18.0 Å². The minimum absolute atomic E-state index is 0.202. The zero-order valence-electron chi connectivity index (χ0n) is 14.5. The molecular weight excluding hydrogens is 330 g/mol. The fourth-order valence-corrected chi connectivity index (χ4v) is 2.91. The third-order valence-corrected chi connectivity index (χ3v) is 4.41. The van der Waals surface area contributed by atoms with Gasteiger partial charge in [-0.15, -0.1) is 0 Å². The minimum Gasteiger partial charge on any atom is -0.478 e. The summed E-state index contributed by atoms with van der Waals surface area (Å²) in [5.41, 5.74) is 5.20. The predicted octanol–water partition coefficient (Wildman–Crippen LogP) is 3.32. The van der Waals surface area contributed by atoms with Crippen molar-refractivity contribution in [1.82, 2.24) is 15.5 Å². The highest BCUT2D eigenvalue weighted by Gasteiger charge is 2.12. The zero-order valence-corrected chi connectivity index (χ0v) is 14.5. The Morgan fingerprint density at radius 1 is 1.19 bits per heavy atom. The highest BCUT2D eigenvalue weighted by molar-refractivity contribution is 5.95. The first kappa shape index (κ1) is 17.4. The van der Waals surface area contributed by atoms with Crippen LogP contribution in [0.1, 0.15) is 37.4 Å². The number of carbonyl (C=O) groups is 2. The maximum absolute atomic E-state index is 12.5. The second kappa shape index (κ2) is 7.23. The van der Waals surface area contributed by atoms with Gasteiger partial charge in [-0.2, -0.15) is 5.10 Å². The topological polar surface area (TPSA) is 95.1 Å². The third-order valence-electron chi connectivity index (χ3n) is 4.41. The zero-order chi connectivity index (χ0) is 18.7. The Morgan fingerprint density at radius 3 is 2.65 bits per heavy atom. The van der Waals surface area contributed by atoms with E-state index in [2.05, 4.69) is 15.5 Å². The standard InChI is InChI=1S/C20H19N3O3/c1-12-8-14(6-7-17(12)16-10-22-23-11-16)19(24)21-9-15-4-3-5-18(13(15)2)20(25)26/h3-8,10-11H,9H2,1-2H3,(H,21,24)(H,22,23)(H,25,26). The lowest BCUT2D eigenvalue weighted by Gasteiger charge is -2.11. The van der Waals surface area contributed by atoms with Crippen molar-refractivity contribution in [3.63, 3.8) is 0 Å². The Balaban J connectivity index is 1.74. The van der Waals surface area contributed by atoms with E-state index < -0.39 is 5.97 Å². The number of nitrogens with zero attached hydrogens (tertiary/aromatic N) is 1. The molecule has 0 saturated heterocycles. The average Bonchev–Trinajstić information content (AvgIpc) is 3.14. The molecule has 1 amide bonds. The van der Waals surface area contributed by atoms with Gasteiger partial charge in [-0.05, 0) is 54.3 Å². The van der Waals surface area contributed by atoms with Gasteiger partial charge < -0.3 is 10.4 Å². The normalized spacial score (nSPS) is 10.5. The number of aromatic amines is 1. The SMILES string of the molecule is Cc1cc(C(=O)NCc2cccc(C(=O)O)c2C)ccc1-c1cn[nH]c1. The number of H-pyrrole nitrogens is 1. The molecule has 0 radical (unpaired) electrons. The Kier molecular flexibility index (Phi) is 4.84. The monoisotopic (exact) mass is 349 g/mol. The molecule has 0 spiro atoms. The lowest BCUT2D eigenvalue weighted by molar-refractivity contribution is 0.0696. The molecule has 0 aliphatic rings. The molecule has 26 heavy (non-hydrogen) atoms. The van der Waals surface area contributed by atoms with E-state index in [1.165, 1.54) is 0 Å². The number of hydrogen-bond acceptors (Lipinski definition) is 3. The van der Waals surface area contributed by atoms with Crippen molar-refractivity contribution in [2.45, 2.75) is 20.4 Å². The smallest absolute Gasteiger partial charge is 0.335 e. The molecule has 3 N–H and O–H groups in total. The number of rotatable bonds is 5. The number of hydrogen-bond donors (Lipinski definition) is 3. The van der Waals surface area contributed by atoms with E-state index in [9.17, 15) is 14.7 Å². The molecule has 1 aromatic heterocycles. The maximum Gasteiger partial charge on any atom is 0.335 e. The maximum atomic E-state index is 12.5. The van der Waals surface area contributed by atoms with Crippen LogP contribution in [0.25, 0.3) is 11.1 Å². The summed E-state index contributed by atoms with van der Waals surface area (Å²) in [5.74, 6) is -1.17. The number of carbonyl (C=O) groups excluding carboxylic acids is 1. The number of benzene rings is 2. The van der Waals surface area contributed by atoms with Gasteiger partial charge in [0.25, 0.3) is 5.91 Å². The number of amides is 1. The highest BCUT2D eigenvalue weighted by atomic mass is 16.4. The van der Waals surface area contributed by atoms with Crippen LogP contribution < -0.4 is 5.32 Å². The first-order chi connectivity index (χ1) is 12.5. The molecule has 6 heteroatoms. The summed E-state index contributed by atoms with van der Waals surface area (Å²) in [7, 11) is 0. The van der Waals surface area contributed by atoms with Crippen molar-refractivity contribution in [3.05, 3.63) is 76.6 Å². The first-order valence-electron chi connectivity index (χ1n) is 8.17. The van der Waals surface area contributed by atoms with E-state index in [1.807, 2.05) is 25.1 Å². The molecule has 0 bridgehead atoms. The largest absolute Gasteiger partial charge is 0.478 e. The molecule has 2 aromatic carbocycles. The summed E-state index contributed by atoms with van der Waals surface area (Å²) in [6.07, 6.45) is 3.54. The number of aryl methyl sites for hydroxylation is 1. The average molecular weight is 349 g/mol. The molecule has 0 aliphatic carbocycles.